The lowest BCUT2D eigenvalue weighted by atomic mass is 9.95. The summed E-state index contributed by atoms with van der Waals surface area (Å²) in [6.07, 6.45) is 0. The van der Waals surface area contributed by atoms with Crippen molar-refractivity contribution in [3.63, 3.8) is 0 Å². The molecule has 0 bridgehead atoms. The number of aryl methyl sites for hydroxylation is 1. The Kier molecular flexibility index (Phi) is 7.13. The van der Waals surface area contributed by atoms with Gasteiger partial charge in [0.05, 0.1) is 36.1 Å². The van der Waals surface area contributed by atoms with Gasteiger partial charge in [-0.1, -0.05) is 47.7 Å². The Balaban J connectivity index is 1.44. The van der Waals surface area contributed by atoms with Crippen molar-refractivity contribution in [2.45, 2.75) is 19.6 Å². The normalized spacial score (nSPS) is 15.0. The van der Waals surface area contributed by atoms with Crippen LogP contribution in [0.25, 0.3) is 10.2 Å². The second-order valence-corrected chi connectivity index (χ2v) is 10.6. The standard InChI is InChI=1S/C32H26N2O7S/c1-18-9-13-24(41-18)29(35)27-28(20-10-14-23(25(15-20)39-3)40-17-19-7-5-4-6-8-19)34(31(37)30(27)36)32-33-22-12-11-21(38-2)16-26(22)42-32/h4-16,28,36H,17H2,1-3H3. The maximum atomic E-state index is 13.7. The van der Waals surface area contributed by atoms with Crippen molar-refractivity contribution in [3.05, 3.63) is 113 Å². The maximum Gasteiger partial charge on any atom is 0.296 e. The Morgan fingerprint density at radius 2 is 1.81 bits per heavy atom. The van der Waals surface area contributed by atoms with Crippen LogP contribution >= 0.6 is 11.3 Å². The molecule has 2 aromatic heterocycles. The zero-order valence-electron chi connectivity index (χ0n) is 23.0. The number of hydrogen-bond donors (Lipinski definition) is 1. The molecule has 1 N–H and O–H groups in total. The zero-order valence-corrected chi connectivity index (χ0v) is 23.8. The van der Waals surface area contributed by atoms with Crippen LogP contribution in [-0.2, 0) is 11.4 Å². The number of rotatable bonds is 9. The van der Waals surface area contributed by atoms with Crippen molar-refractivity contribution in [2.24, 2.45) is 0 Å². The van der Waals surface area contributed by atoms with E-state index in [4.69, 9.17) is 18.6 Å². The minimum atomic E-state index is -1.02. The number of methoxy groups -OCH3 is 2. The predicted octanol–water partition coefficient (Wildman–Crippen LogP) is 6.58. The third kappa shape index (κ3) is 4.86. The Morgan fingerprint density at radius 1 is 1.00 bits per heavy atom. The number of carbonyl (C=O) groups is 2. The third-order valence-corrected chi connectivity index (χ3v) is 7.97. The molecule has 0 spiro atoms. The van der Waals surface area contributed by atoms with E-state index in [9.17, 15) is 14.7 Å². The summed E-state index contributed by atoms with van der Waals surface area (Å²) in [6.45, 7) is 2.03. The molecule has 0 saturated heterocycles. The highest BCUT2D eigenvalue weighted by molar-refractivity contribution is 7.22. The minimum absolute atomic E-state index is 0.0116. The first-order valence-electron chi connectivity index (χ1n) is 13.0. The smallest absolute Gasteiger partial charge is 0.296 e. The number of furan rings is 1. The molecule has 5 aromatic rings. The predicted molar refractivity (Wildman–Crippen MR) is 158 cm³/mol. The van der Waals surface area contributed by atoms with Crippen LogP contribution in [0.4, 0.5) is 5.13 Å². The molecule has 42 heavy (non-hydrogen) atoms. The highest BCUT2D eigenvalue weighted by Gasteiger charge is 2.46. The first-order valence-corrected chi connectivity index (χ1v) is 13.9. The molecule has 0 fully saturated rings. The van der Waals surface area contributed by atoms with E-state index >= 15 is 0 Å². The van der Waals surface area contributed by atoms with Crippen molar-refractivity contribution in [3.8, 4) is 17.2 Å². The highest BCUT2D eigenvalue weighted by Crippen LogP contribution is 2.46. The average molecular weight is 583 g/mol. The van der Waals surface area contributed by atoms with Gasteiger partial charge in [0.25, 0.3) is 5.91 Å². The minimum Gasteiger partial charge on any atom is -0.503 e. The van der Waals surface area contributed by atoms with Gasteiger partial charge in [0.2, 0.25) is 5.78 Å². The lowest BCUT2D eigenvalue weighted by Crippen LogP contribution is -2.31. The number of amides is 1. The van der Waals surface area contributed by atoms with Gasteiger partial charge in [0, 0.05) is 0 Å². The summed E-state index contributed by atoms with van der Waals surface area (Å²) >= 11 is 1.25. The summed E-state index contributed by atoms with van der Waals surface area (Å²) in [4.78, 5) is 33.4. The molecule has 212 valence electrons. The molecular weight excluding hydrogens is 556 g/mol. The number of aromatic nitrogens is 1. The Hall–Kier alpha value is -5.09. The van der Waals surface area contributed by atoms with E-state index in [1.807, 2.05) is 36.4 Å². The molecule has 1 unspecified atom stereocenters. The van der Waals surface area contributed by atoms with Crippen molar-refractivity contribution < 1.29 is 33.3 Å². The van der Waals surface area contributed by atoms with Crippen molar-refractivity contribution in [2.75, 3.05) is 19.1 Å². The van der Waals surface area contributed by atoms with Gasteiger partial charge in [-0.2, -0.15) is 0 Å². The number of benzene rings is 3. The van der Waals surface area contributed by atoms with Crippen molar-refractivity contribution in [1.82, 2.24) is 4.98 Å². The largest absolute Gasteiger partial charge is 0.503 e. The van der Waals surface area contributed by atoms with Gasteiger partial charge in [0.1, 0.15) is 18.1 Å². The quantitative estimate of drug-likeness (QED) is 0.194. The summed E-state index contributed by atoms with van der Waals surface area (Å²) in [7, 11) is 3.08. The molecule has 6 rings (SSSR count). The van der Waals surface area contributed by atoms with Crippen LogP contribution in [0.1, 0.15) is 33.5 Å². The molecule has 1 aliphatic rings. The topological polar surface area (TPSA) is 111 Å². The molecule has 0 radical (unpaired) electrons. The SMILES string of the molecule is COc1ccc2nc(N3C(=O)C(O)=C(C(=O)c4ccc(C)o4)C3c3ccc(OCc4ccccc4)c(OC)c3)sc2c1. The molecule has 10 heteroatoms. The van der Waals surface area contributed by atoms with Crippen LogP contribution in [0.3, 0.4) is 0 Å². The highest BCUT2D eigenvalue weighted by atomic mass is 32.1. The van der Waals surface area contributed by atoms with Crippen LogP contribution in [0.2, 0.25) is 0 Å². The van der Waals surface area contributed by atoms with Crippen LogP contribution in [0, 0.1) is 6.92 Å². The van der Waals surface area contributed by atoms with Gasteiger partial charge in [-0.3, -0.25) is 14.5 Å². The number of thiazole rings is 1. The number of anilines is 1. The van der Waals surface area contributed by atoms with E-state index in [1.165, 1.54) is 29.4 Å². The van der Waals surface area contributed by atoms with Crippen LogP contribution < -0.4 is 19.1 Å². The van der Waals surface area contributed by atoms with E-state index in [2.05, 4.69) is 4.98 Å². The number of hydrogen-bond acceptors (Lipinski definition) is 9. The van der Waals surface area contributed by atoms with Gasteiger partial charge in [-0.15, -0.1) is 0 Å². The first kappa shape index (κ1) is 27.1. The number of fused-ring (bicyclic) bond motifs is 1. The number of ether oxygens (including phenoxy) is 3. The summed E-state index contributed by atoms with van der Waals surface area (Å²) in [5.41, 5.74) is 2.02. The number of aliphatic hydroxyl groups is 1. The fourth-order valence-electron chi connectivity index (χ4n) is 4.87. The summed E-state index contributed by atoms with van der Waals surface area (Å²) in [5.74, 6) is 0.0406. The number of nitrogens with zero attached hydrogens (tertiary/aromatic N) is 2. The van der Waals surface area contributed by atoms with Gasteiger partial charge in [-0.05, 0) is 60.5 Å². The maximum absolute atomic E-state index is 13.7. The third-order valence-electron chi connectivity index (χ3n) is 6.95. The Bertz CT molecular complexity index is 1840. The number of aliphatic hydroxyl groups excluding tert-OH is 1. The van der Waals surface area contributed by atoms with E-state index in [-0.39, 0.29) is 11.3 Å². The van der Waals surface area contributed by atoms with E-state index < -0.39 is 23.5 Å². The first-order chi connectivity index (χ1) is 20.4. The van der Waals surface area contributed by atoms with Crippen molar-refractivity contribution in [1.29, 1.82) is 0 Å². The molecule has 9 nitrogen and oxygen atoms in total. The van der Waals surface area contributed by atoms with Crippen LogP contribution in [0.15, 0.2) is 94.6 Å². The van der Waals surface area contributed by atoms with E-state index in [1.54, 1.807) is 50.4 Å². The van der Waals surface area contributed by atoms with Gasteiger partial charge in [0.15, 0.2) is 28.1 Å². The fourth-order valence-corrected chi connectivity index (χ4v) is 5.89. The second-order valence-electron chi connectivity index (χ2n) is 9.59. The van der Waals surface area contributed by atoms with Gasteiger partial charge < -0.3 is 23.7 Å². The van der Waals surface area contributed by atoms with Gasteiger partial charge in [-0.25, -0.2) is 4.98 Å². The Morgan fingerprint density at radius 3 is 2.52 bits per heavy atom. The lowest BCUT2D eigenvalue weighted by molar-refractivity contribution is -0.117. The molecule has 3 heterocycles. The summed E-state index contributed by atoms with van der Waals surface area (Å²) in [6, 6.07) is 22.4. The van der Waals surface area contributed by atoms with E-state index in [0.29, 0.717) is 45.8 Å². The second kappa shape index (κ2) is 11.1. The summed E-state index contributed by atoms with van der Waals surface area (Å²) in [5, 5.41) is 11.4. The monoisotopic (exact) mass is 582 g/mol. The average Bonchev–Trinajstić information content (AvgIpc) is 3.71. The fraction of sp³-hybridized carbons (Fsp3) is 0.156. The molecule has 0 saturated carbocycles. The number of Topliss-reactive ketones (excluding diaryl/α,β-unsaturated/α-hetero) is 1. The molecule has 1 atom stereocenters. The molecule has 1 aliphatic heterocycles. The van der Waals surface area contributed by atoms with Crippen LogP contribution in [-0.4, -0.2) is 36.0 Å². The lowest BCUT2D eigenvalue weighted by Gasteiger charge is -2.25. The molecule has 3 aromatic carbocycles. The molecule has 0 aliphatic carbocycles. The zero-order chi connectivity index (χ0) is 29.4. The van der Waals surface area contributed by atoms with Crippen LogP contribution in [0.5, 0.6) is 17.2 Å². The van der Waals surface area contributed by atoms with Crippen molar-refractivity contribution >= 4 is 38.4 Å². The number of ketones is 1. The molecule has 1 amide bonds. The van der Waals surface area contributed by atoms with Gasteiger partial charge >= 0.3 is 0 Å². The number of carbonyl (C=O) groups excluding carboxylic acids is 2. The molecular formula is C32H26N2O7S. The van der Waals surface area contributed by atoms with E-state index in [0.717, 1.165) is 10.3 Å². The summed E-state index contributed by atoms with van der Waals surface area (Å²) < 4.78 is 23.4. The Labute approximate surface area is 245 Å².